The first kappa shape index (κ1) is 25.1. The normalized spacial score (nSPS) is 17.7. The standard InChI is InChI=1S/C26H39N5O2S/c34-26(28-10-15-29-17-20-32-21-18-29)31-13-8-24(9-14-31)25-27-11-16-30(25)12-4-5-19-33-22-23-6-2-1-3-7-23/h1-3,6-7,11,16,24H,4-5,8-10,12-15,17-22H2,(H,28,34). The number of aromatic nitrogens is 2. The van der Waals surface area contributed by atoms with E-state index in [4.69, 9.17) is 26.7 Å². The summed E-state index contributed by atoms with van der Waals surface area (Å²) in [4.78, 5) is 9.47. The Morgan fingerprint density at radius 1 is 1.06 bits per heavy atom. The topological polar surface area (TPSA) is 54.8 Å². The number of thiocarbonyl (C=S) groups is 1. The van der Waals surface area contributed by atoms with E-state index in [0.717, 1.165) is 96.4 Å². The van der Waals surface area contributed by atoms with E-state index in [1.54, 1.807) is 0 Å². The zero-order valence-electron chi connectivity index (χ0n) is 20.2. The molecule has 2 saturated heterocycles. The molecule has 1 aromatic heterocycles. The van der Waals surface area contributed by atoms with E-state index >= 15 is 0 Å². The third-order valence-electron chi connectivity index (χ3n) is 6.75. The SMILES string of the molecule is S=C(NCCN1CCOCC1)N1CCC(c2nccn2CCCCOCc2ccccc2)CC1. The molecule has 7 nitrogen and oxygen atoms in total. The summed E-state index contributed by atoms with van der Waals surface area (Å²) in [5.41, 5.74) is 1.23. The number of unbranched alkanes of at least 4 members (excludes halogenated alkanes) is 1. The summed E-state index contributed by atoms with van der Waals surface area (Å²) in [6.45, 7) is 10.1. The number of morpholine rings is 1. The highest BCUT2D eigenvalue weighted by molar-refractivity contribution is 7.80. The number of aryl methyl sites for hydroxylation is 1. The highest BCUT2D eigenvalue weighted by Crippen LogP contribution is 2.27. The Morgan fingerprint density at radius 2 is 1.85 bits per heavy atom. The van der Waals surface area contributed by atoms with Gasteiger partial charge in [0, 0.05) is 70.7 Å². The molecule has 0 saturated carbocycles. The van der Waals surface area contributed by atoms with Gasteiger partial charge in [-0.1, -0.05) is 30.3 Å². The van der Waals surface area contributed by atoms with Gasteiger partial charge in [0.25, 0.3) is 0 Å². The molecule has 0 bridgehead atoms. The lowest BCUT2D eigenvalue weighted by Crippen LogP contribution is -2.47. The molecule has 0 spiro atoms. The average Bonchev–Trinajstić information content (AvgIpc) is 3.36. The first-order valence-corrected chi connectivity index (χ1v) is 13.2. The van der Waals surface area contributed by atoms with Crippen molar-refractivity contribution in [3.63, 3.8) is 0 Å². The second-order valence-corrected chi connectivity index (χ2v) is 9.56. The summed E-state index contributed by atoms with van der Waals surface area (Å²) in [7, 11) is 0. The van der Waals surface area contributed by atoms with Crippen molar-refractivity contribution in [2.24, 2.45) is 0 Å². The van der Waals surface area contributed by atoms with E-state index < -0.39 is 0 Å². The fourth-order valence-corrected chi connectivity index (χ4v) is 5.00. The molecule has 1 aromatic carbocycles. The molecular weight excluding hydrogens is 446 g/mol. The third-order valence-corrected chi connectivity index (χ3v) is 7.15. The van der Waals surface area contributed by atoms with Crippen molar-refractivity contribution < 1.29 is 9.47 Å². The molecule has 0 amide bonds. The minimum Gasteiger partial charge on any atom is -0.379 e. The predicted octanol–water partition coefficient (Wildman–Crippen LogP) is 3.27. The summed E-state index contributed by atoms with van der Waals surface area (Å²) < 4.78 is 13.6. The third kappa shape index (κ3) is 7.77. The number of benzene rings is 1. The second kappa shape index (κ2) is 13.8. The van der Waals surface area contributed by atoms with E-state index in [0.29, 0.717) is 12.5 Å². The monoisotopic (exact) mass is 485 g/mol. The highest BCUT2D eigenvalue weighted by atomic mass is 32.1. The maximum Gasteiger partial charge on any atom is 0.168 e. The summed E-state index contributed by atoms with van der Waals surface area (Å²) in [5.74, 6) is 1.74. The van der Waals surface area contributed by atoms with Crippen molar-refractivity contribution in [2.75, 3.05) is 59.1 Å². The number of likely N-dealkylation sites (tertiary alicyclic amines) is 1. The van der Waals surface area contributed by atoms with Crippen LogP contribution in [0.2, 0.25) is 0 Å². The molecule has 0 aliphatic carbocycles. The molecular formula is C26H39N5O2S. The number of rotatable bonds is 11. The molecule has 3 heterocycles. The lowest BCUT2D eigenvalue weighted by atomic mass is 9.96. The quantitative estimate of drug-likeness (QED) is 0.387. The lowest BCUT2D eigenvalue weighted by Gasteiger charge is -2.34. The lowest BCUT2D eigenvalue weighted by molar-refractivity contribution is 0.0388. The smallest absolute Gasteiger partial charge is 0.168 e. The predicted molar refractivity (Wildman–Crippen MR) is 139 cm³/mol. The van der Waals surface area contributed by atoms with Crippen LogP contribution < -0.4 is 5.32 Å². The summed E-state index contributed by atoms with van der Waals surface area (Å²) in [5, 5.41) is 4.35. The van der Waals surface area contributed by atoms with Crippen LogP contribution in [0.4, 0.5) is 0 Å². The molecule has 0 atom stereocenters. The molecule has 34 heavy (non-hydrogen) atoms. The van der Waals surface area contributed by atoms with Crippen molar-refractivity contribution in [2.45, 2.75) is 44.8 Å². The number of imidazole rings is 1. The Bertz CT molecular complexity index is 848. The van der Waals surface area contributed by atoms with Crippen LogP contribution in [0.3, 0.4) is 0 Å². The van der Waals surface area contributed by atoms with Crippen LogP contribution in [0.15, 0.2) is 42.7 Å². The molecule has 2 aliphatic heterocycles. The Morgan fingerprint density at radius 3 is 2.65 bits per heavy atom. The molecule has 1 N–H and O–H groups in total. The zero-order valence-corrected chi connectivity index (χ0v) is 21.1. The largest absolute Gasteiger partial charge is 0.379 e. The van der Waals surface area contributed by atoms with Gasteiger partial charge in [0.1, 0.15) is 5.82 Å². The van der Waals surface area contributed by atoms with Gasteiger partial charge in [-0.15, -0.1) is 0 Å². The number of nitrogens with one attached hydrogen (secondary N) is 1. The average molecular weight is 486 g/mol. The van der Waals surface area contributed by atoms with Crippen LogP contribution in [0, 0.1) is 0 Å². The van der Waals surface area contributed by atoms with Crippen LogP contribution in [0.25, 0.3) is 0 Å². The zero-order chi connectivity index (χ0) is 23.4. The summed E-state index contributed by atoms with van der Waals surface area (Å²) in [6.07, 6.45) is 8.45. The Kier molecular flexibility index (Phi) is 10.2. The van der Waals surface area contributed by atoms with Crippen molar-refractivity contribution in [1.29, 1.82) is 0 Å². The first-order chi connectivity index (χ1) is 16.8. The van der Waals surface area contributed by atoms with Gasteiger partial charge >= 0.3 is 0 Å². The van der Waals surface area contributed by atoms with Crippen molar-refractivity contribution >= 4 is 17.3 Å². The van der Waals surface area contributed by atoms with E-state index in [2.05, 4.69) is 50.1 Å². The molecule has 2 fully saturated rings. The van der Waals surface area contributed by atoms with E-state index in [9.17, 15) is 0 Å². The van der Waals surface area contributed by atoms with Crippen LogP contribution in [-0.4, -0.2) is 83.6 Å². The minimum absolute atomic E-state index is 0.511. The van der Waals surface area contributed by atoms with Crippen LogP contribution >= 0.6 is 12.2 Å². The van der Waals surface area contributed by atoms with Crippen LogP contribution in [0.1, 0.15) is 43.0 Å². The molecule has 8 heteroatoms. The number of ether oxygens (including phenoxy) is 2. The summed E-state index contributed by atoms with van der Waals surface area (Å²) >= 11 is 5.67. The van der Waals surface area contributed by atoms with Crippen molar-refractivity contribution in [3.8, 4) is 0 Å². The van der Waals surface area contributed by atoms with E-state index in [1.807, 2.05) is 12.3 Å². The van der Waals surface area contributed by atoms with Crippen LogP contribution in [0.5, 0.6) is 0 Å². The van der Waals surface area contributed by atoms with E-state index in [-0.39, 0.29) is 0 Å². The highest BCUT2D eigenvalue weighted by Gasteiger charge is 2.25. The number of hydrogen-bond acceptors (Lipinski definition) is 5. The number of piperidine rings is 1. The molecule has 186 valence electrons. The molecule has 2 aliphatic rings. The fourth-order valence-electron chi connectivity index (χ4n) is 4.72. The first-order valence-electron chi connectivity index (χ1n) is 12.7. The Balaban J connectivity index is 1.11. The molecule has 0 unspecified atom stereocenters. The number of hydrogen-bond donors (Lipinski definition) is 1. The second-order valence-electron chi connectivity index (χ2n) is 9.17. The van der Waals surface area contributed by atoms with Gasteiger partial charge in [0.15, 0.2) is 5.11 Å². The minimum atomic E-state index is 0.511. The van der Waals surface area contributed by atoms with Gasteiger partial charge < -0.3 is 24.3 Å². The number of nitrogens with zero attached hydrogens (tertiary/aromatic N) is 4. The maximum absolute atomic E-state index is 5.83. The van der Waals surface area contributed by atoms with Gasteiger partial charge in [0.05, 0.1) is 19.8 Å². The Labute approximate surface area is 209 Å². The van der Waals surface area contributed by atoms with E-state index in [1.165, 1.54) is 11.4 Å². The molecule has 2 aromatic rings. The van der Waals surface area contributed by atoms with Gasteiger partial charge in [-0.3, -0.25) is 4.90 Å². The summed E-state index contributed by atoms with van der Waals surface area (Å²) in [6, 6.07) is 10.4. The van der Waals surface area contributed by atoms with Crippen molar-refractivity contribution in [3.05, 3.63) is 54.1 Å². The fraction of sp³-hybridized carbons (Fsp3) is 0.615. The van der Waals surface area contributed by atoms with Crippen LogP contribution in [-0.2, 0) is 22.6 Å². The maximum atomic E-state index is 5.83. The van der Waals surface area contributed by atoms with Gasteiger partial charge in [0.2, 0.25) is 0 Å². The molecule has 0 radical (unpaired) electrons. The molecule has 4 rings (SSSR count). The van der Waals surface area contributed by atoms with Gasteiger partial charge in [-0.25, -0.2) is 4.98 Å². The van der Waals surface area contributed by atoms with Gasteiger partial charge in [-0.05, 0) is 43.5 Å². The Hall–Kier alpha value is -2.00. The van der Waals surface area contributed by atoms with Crippen molar-refractivity contribution in [1.82, 2.24) is 24.7 Å². The van der Waals surface area contributed by atoms with Gasteiger partial charge in [-0.2, -0.15) is 0 Å².